The molecule has 1 aromatic heterocycles. The summed E-state index contributed by atoms with van der Waals surface area (Å²) in [7, 11) is -3.66. The van der Waals surface area contributed by atoms with Crippen LogP contribution in [0.4, 0.5) is 4.39 Å². The van der Waals surface area contributed by atoms with Crippen LogP contribution in [0.2, 0.25) is 0 Å². The number of nitrogens with zero attached hydrogens (tertiary/aromatic N) is 2. The molecule has 0 radical (unpaired) electrons. The summed E-state index contributed by atoms with van der Waals surface area (Å²) in [6.45, 7) is 3.65. The number of hydrogen-bond donors (Lipinski definition) is 1. The molecule has 0 unspecified atom stereocenters. The molecule has 0 amide bonds. The Morgan fingerprint density at radius 1 is 1.03 bits per heavy atom. The lowest BCUT2D eigenvalue weighted by Gasteiger charge is -2.33. The number of H-pyrrole nitrogens is 1. The number of aryl methyl sites for hydroxylation is 1. The van der Waals surface area contributed by atoms with Gasteiger partial charge in [-0.2, -0.15) is 4.31 Å². The van der Waals surface area contributed by atoms with Gasteiger partial charge in [0, 0.05) is 48.3 Å². The maximum Gasteiger partial charge on any atom is 0.243 e. The van der Waals surface area contributed by atoms with E-state index in [-0.39, 0.29) is 17.2 Å². The third-order valence-electron chi connectivity index (χ3n) is 5.32. The molecular formula is C21H22FN3O3S. The molecule has 0 spiro atoms. The van der Waals surface area contributed by atoms with Gasteiger partial charge >= 0.3 is 0 Å². The van der Waals surface area contributed by atoms with Crippen LogP contribution in [0.3, 0.4) is 0 Å². The van der Waals surface area contributed by atoms with Gasteiger partial charge in [0.05, 0.1) is 11.4 Å². The highest BCUT2D eigenvalue weighted by Crippen LogP contribution is 2.23. The van der Waals surface area contributed by atoms with Gasteiger partial charge < -0.3 is 4.98 Å². The van der Waals surface area contributed by atoms with Crippen molar-refractivity contribution < 1.29 is 17.6 Å². The molecule has 4 rings (SSSR count). The number of sulfonamides is 1. The lowest BCUT2D eigenvalue weighted by Crippen LogP contribution is -2.49. The minimum Gasteiger partial charge on any atom is -0.358 e. The first-order chi connectivity index (χ1) is 13.9. The third kappa shape index (κ3) is 3.83. The Morgan fingerprint density at radius 2 is 1.69 bits per heavy atom. The zero-order valence-electron chi connectivity index (χ0n) is 16.1. The first kappa shape index (κ1) is 19.8. The predicted molar refractivity (Wildman–Crippen MR) is 109 cm³/mol. The van der Waals surface area contributed by atoms with Crippen LogP contribution in [0.15, 0.2) is 53.4 Å². The van der Waals surface area contributed by atoms with Crippen LogP contribution in [0.25, 0.3) is 10.9 Å². The number of aromatic amines is 1. The normalized spacial score (nSPS) is 16.3. The summed E-state index contributed by atoms with van der Waals surface area (Å²) in [5.41, 5.74) is 2.47. The molecule has 29 heavy (non-hydrogen) atoms. The fourth-order valence-electron chi connectivity index (χ4n) is 3.80. The number of aromatic nitrogens is 1. The second-order valence-corrected chi connectivity index (χ2v) is 9.17. The summed E-state index contributed by atoms with van der Waals surface area (Å²) in [6, 6.07) is 12.5. The smallest absolute Gasteiger partial charge is 0.243 e. The molecule has 0 atom stereocenters. The molecule has 1 saturated heterocycles. The zero-order valence-corrected chi connectivity index (χ0v) is 16.9. The molecule has 6 nitrogen and oxygen atoms in total. The Labute approximate surface area is 169 Å². The molecule has 0 aliphatic carbocycles. The number of carbonyl (C=O) groups excluding carboxylic acids is 1. The van der Waals surface area contributed by atoms with Gasteiger partial charge in [-0.25, -0.2) is 12.8 Å². The lowest BCUT2D eigenvalue weighted by atomic mass is 10.1. The van der Waals surface area contributed by atoms with Crippen LogP contribution in [0.5, 0.6) is 0 Å². The van der Waals surface area contributed by atoms with E-state index in [0.29, 0.717) is 31.7 Å². The van der Waals surface area contributed by atoms with Gasteiger partial charge in [0.1, 0.15) is 5.82 Å². The van der Waals surface area contributed by atoms with E-state index >= 15 is 0 Å². The maximum atomic E-state index is 13.1. The molecule has 1 fully saturated rings. The minimum absolute atomic E-state index is 0.0230. The quantitative estimate of drug-likeness (QED) is 0.651. The van der Waals surface area contributed by atoms with E-state index < -0.39 is 15.8 Å². The van der Waals surface area contributed by atoms with E-state index in [1.165, 1.54) is 16.4 Å². The second kappa shape index (κ2) is 7.70. The zero-order chi connectivity index (χ0) is 20.6. The van der Waals surface area contributed by atoms with Crippen molar-refractivity contribution in [2.45, 2.75) is 11.8 Å². The van der Waals surface area contributed by atoms with Crippen molar-refractivity contribution in [1.82, 2.24) is 14.2 Å². The van der Waals surface area contributed by atoms with Gasteiger partial charge in [0.2, 0.25) is 10.0 Å². The molecule has 0 saturated carbocycles. The summed E-state index contributed by atoms with van der Waals surface area (Å²) in [5.74, 6) is -0.449. The van der Waals surface area contributed by atoms with Crippen molar-refractivity contribution in [2.24, 2.45) is 0 Å². The monoisotopic (exact) mass is 415 g/mol. The Hall–Kier alpha value is -2.55. The number of carbonyl (C=O) groups is 1. The Bertz CT molecular complexity index is 1150. The number of ketones is 1. The molecule has 1 aliphatic rings. The molecule has 1 N–H and O–H groups in total. The van der Waals surface area contributed by atoms with Crippen LogP contribution < -0.4 is 0 Å². The average Bonchev–Trinajstić information content (AvgIpc) is 3.04. The van der Waals surface area contributed by atoms with Gasteiger partial charge in [-0.15, -0.1) is 0 Å². The van der Waals surface area contributed by atoms with Crippen LogP contribution in [0.1, 0.15) is 16.1 Å². The number of benzene rings is 2. The van der Waals surface area contributed by atoms with Crippen LogP contribution in [0, 0.1) is 12.7 Å². The Balaban J connectivity index is 1.43. The standard InChI is InChI=1S/C21H22FN3O3S/c1-15-21(18-4-2-3-5-19(18)23-15)20(26)14-24-10-12-25(13-11-24)29(27,28)17-8-6-16(22)7-9-17/h2-9,23H,10-14H2,1H3. The van der Waals surface area contributed by atoms with E-state index in [1.54, 1.807) is 0 Å². The number of piperazine rings is 1. The maximum absolute atomic E-state index is 13.1. The number of Topliss-reactive ketones (excluding diaryl/α,β-unsaturated/α-hetero) is 1. The van der Waals surface area contributed by atoms with Gasteiger partial charge in [0.25, 0.3) is 0 Å². The molecule has 2 heterocycles. The summed E-state index contributed by atoms with van der Waals surface area (Å²) in [4.78, 5) is 18.2. The number of rotatable bonds is 5. The van der Waals surface area contributed by atoms with E-state index in [9.17, 15) is 17.6 Å². The number of halogens is 1. The second-order valence-electron chi connectivity index (χ2n) is 7.23. The van der Waals surface area contributed by atoms with Crippen LogP contribution in [-0.4, -0.2) is 61.1 Å². The first-order valence-electron chi connectivity index (χ1n) is 9.45. The summed E-state index contributed by atoms with van der Waals surface area (Å²) < 4.78 is 39.9. The van der Waals surface area contributed by atoms with Gasteiger partial charge in [-0.3, -0.25) is 9.69 Å². The van der Waals surface area contributed by atoms with Gasteiger partial charge in [-0.1, -0.05) is 18.2 Å². The molecule has 8 heteroatoms. The van der Waals surface area contributed by atoms with Crippen molar-refractivity contribution in [3.05, 3.63) is 65.6 Å². The van der Waals surface area contributed by atoms with Gasteiger partial charge in [-0.05, 0) is 37.3 Å². The topological polar surface area (TPSA) is 73.5 Å². The highest BCUT2D eigenvalue weighted by Gasteiger charge is 2.29. The van der Waals surface area contributed by atoms with Crippen molar-refractivity contribution in [3.63, 3.8) is 0 Å². The van der Waals surface area contributed by atoms with Crippen molar-refractivity contribution in [1.29, 1.82) is 0 Å². The number of hydrogen-bond acceptors (Lipinski definition) is 4. The first-order valence-corrected chi connectivity index (χ1v) is 10.9. The fraction of sp³-hybridized carbons (Fsp3) is 0.286. The lowest BCUT2D eigenvalue weighted by molar-refractivity contribution is 0.0903. The molecular weight excluding hydrogens is 393 g/mol. The van der Waals surface area contributed by atoms with Crippen molar-refractivity contribution >= 4 is 26.7 Å². The van der Waals surface area contributed by atoms with Crippen molar-refractivity contribution in [2.75, 3.05) is 32.7 Å². The van der Waals surface area contributed by atoms with Crippen LogP contribution >= 0.6 is 0 Å². The summed E-state index contributed by atoms with van der Waals surface area (Å²) >= 11 is 0. The summed E-state index contributed by atoms with van der Waals surface area (Å²) in [6.07, 6.45) is 0. The molecule has 1 aliphatic heterocycles. The van der Waals surface area contributed by atoms with Crippen molar-refractivity contribution in [3.8, 4) is 0 Å². The van der Waals surface area contributed by atoms with Gasteiger partial charge in [0.15, 0.2) is 5.78 Å². The number of para-hydroxylation sites is 1. The molecule has 3 aromatic rings. The molecule has 2 aromatic carbocycles. The number of nitrogens with one attached hydrogen (secondary N) is 1. The Kier molecular flexibility index (Phi) is 5.24. The van der Waals surface area contributed by atoms with Crippen LogP contribution in [-0.2, 0) is 10.0 Å². The Morgan fingerprint density at radius 3 is 2.38 bits per heavy atom. The summed E-state index contributed by atoms with van der Waals surface area (Å²) in [5, 5.41) is 0.910. The molecule has 0 bridgehead atoms. The van der Waals surface area contributed by atoms with E-state index in [2.05, 4.69) is 4.98 Å². The SMILES string of the molecule is Cc1[nH]c2ccccc2c1C(=O)CN1CCN(S(=O)(=O)c2ccc(F)cc2)CC1. The fourth-order valence-corrected chi connectivity index (χ4v) is 5.22. The molecule has 152 valence electrons. The third-order valence-corrected chi connectivity index (χ3v) is 7.24. The largest absolute Gasteiger partial charge is 0.358 e. The van der Waals surface area contributed by atoms with E-state index in [4.69, 9.17) is 0 Å². The van der Waals surface area contributed by atoms with E-state index in [0.717, 1.165) is 28.7 Å². The highest BCUT2D eigenvalue weighted by molar-refractivity contribution is 7.89. The number of fused-ring (bicyclic) bond motifs is 1. The predicted octanol–water partition coefficient (Wildman–Crippen LogP) is 2.80. The average molecular weight is 415 g/mol. The minimum atomic E-state index is -3.66. The highest BCUT2D eigenvalue weighted by atomic mass is 32.2. The van der Waals surface area contributed by atoms with E-state index in [1.807, 2.05) is 36.1 Å².